The van der Waals surface area contributed by atoms with Gasteiger partial charge in [-0.15, -0.1) is 11.3 Å². The molecule has 0 N–H and O–H groups in total. The molecule has 2 heterocycles. The number of carbonyl (C=O) groups excluding carboxylic acids is 1. The molecule has 0 atom stereocenters. The largest absolute Gasteiger partial charge is 0.494 e. The zero-order chi connectivity index (χ0) is 16.8. The zero-order valence-electron chi connectivity index (χ0n) is 14.1. The van der Waals surface area contributed by atoms with Crippen LogP contribution >= 0.6 is 11.3 Å². The Morgan fingerprint density at radius 1 is 1.22 bits per heavy atom. The molecule has 1 fully saturated rings. The Bertz CT molecular complexity index is 734. The van der Waals surface area contributed by atoms with Crippen LogP contribution in [0.3, 0.4) is 0 Å². The second kappa shape index (κ2) is 5.62. The van der Waals surface area contributed by atoms with E-state index in [1.807, 2.05) is 39.1 Å². The molecule has 3 rings (SSSR count). The van der Waals surface area contributed by atoms with E-state index in [1.54, 1.807) is 11.3 Å². The molecule has 1 aromatic heterocycles. The highest BCUT2D eigenvalue weighted by Gasteiger charge is 2.51. The predicted molar refractivity (Wildman–Crippen MR) is 93.3 cm³/mol. The van der Waals surface area contributed by atoms with Gasteiger partial charge in [-0.3, -0.25) is 4.79 Å². The summed E-state index contributed by atoms with van der Waals surface area (Å²) in [5.74, 6) is -0.231. The fourth-order valence-corrected chi connectivity index (χ4v) is 3.53. The van der Waals surface area contributed by atoms with E-state index in [0.717, 1.165) is 21.1 Å². The van der Waals surface area contributed by atoms with Crippen LogP contribution in [-0.4, -0.2) is 31.4 Å². The van der Waals surface area contributed by atoms with Crippen LogP contribution in [0.1, 0.15) is 33.3 Å². The first kappa shape index (κ1) is 16.5. The van der Waals surface area contributed by atoms with Gasteiger partial charge in [-0.2, -0.15) is 0 Å². The maximum atomic E-state index is 11.6. The first-order valence-electron chi connectivity index (χ1n) is 7.66. The van der Waals surface area contributed by atoms with E-state index in [2.05, 4.69) is 12.1 Å². The topological polar surface area (TPSA) is 44.8 Å². The highest BCUT2D eigenvalue weighted by atomic mass is 32.1. The predicted octanol–water partition coefficient (Wildman–Crippen LogP) is 2.92. The maximum Gasteiger partial charge on any atom is 0.494 e. The molecule has 1 aromatic carbocycles. The summed E-state index contributed by atoms with van der Waals surface area (Å²) >= 11 is 1.63. The van der Waals surface area contributed by atoms with Crippen LogP contribution in [0.5, 0.6) is 0 Å². The smallest absolute Gasteiger partial charge is 0.469 e. The summed E-state index contributed by atoms with van der Waals surface area (Å²) in [5.41, 5.74) is 1.22. The van der Waals surface area contributed by atoms with E-state index < -0.39 is 7.12 Å². The molecule has 0 bridgehead atoms. The third-order valence-electron chi connectivity index (χ3n) is 4.77. The van der Waals surface area contributed by atoms with Crippen molar-refractivity contribution in [2.24, 2.45) is 0 Å². The lowest BCUT2D eigenvalue weighted by molar-refractivity contribution is -0.139. The van der Waals surface area contributed by atoms with Crippen LogP contribution in [0, 0.1) is 0 Å². The van der Waals surface area contributed by atoms with E-state index >= 15 is 0 Å². The molecular weight excluding hydrogens is 311 g/mol. The van der Waals surface area contributed by atoms with Crippen LogP contribution in [0.4, 0.5) is 0 Å². The lowest BCUT2D eigenvalue weighted by Crippen LogP contribution is -2.41. The minimum absolute atomic E-state index is 0.231. The van der Waals surface area contributed by atoms with Crippen LogP contribution in [-0.2, 0) is 25.3 Å². The average Bonchev–Trinajstić information content (AvgIpc) is 2.97. The summed E-state index contributed by atoms with van der Waals surface area (Å²) in [7, 11) is 1.02. The van der Waals surface area contributed by atoms with Crippen molar-refractivity contribution < 1.29 is 18.8 Å². The molecule has 0 aliphatic carbocycles. The number of hydrogen-bond donors (Lipinski definition) is 0. The summed E-state index contributed by atoms with van der Waals surface area (Å²) in [5, 5.41) is 3.07. The van der Waals surface area contributed by atoms with Gasteiger partial charge in [0.05, 0.1) is 24.7 Å². The van der Waals surface area contributed by atoms with Crippen molar-refractivity contribution in [2.45, 2.75) is 45.3 Å². The Morgan fingerprint density at radius 3 is 2.48 bits per heavy atom. The van der Waals surface area contributed by atoms with E-state index in [9.17, 15) is 4.79 Å². The second-order valence-corrected chi connectivity index (χ2v) is 7.77. The van der Waals surface area contributed by atoms with Gasteiger partial charge in [0.15, 0.2) is 0 Å². The standard InChI is InChI=1S/C17H21BO4S/c1-16(2)17(3,4)22-18(21-16)12-6-7-14-13(9-12)11(10-23-14)8-15(19)20-5/h6-7,9-10H,8H2,1-5H3. The number of carbonyl (C=O) groups is 1. The summed E-state index contributed by atoms with van der Waals surface area (Å²) < 4.78 is 18.1. The molecule has 1 aliphatic rings. The molecule has 23 heavy (non-hydrogen) atoms. The van der Waals surface area contributed by atoms with E-state index in [4.69, 9.17) is 14.0 Å². The molecule has 1 saturated heterocycles. The number of ether oxygens (including phenoxy) is 1. The molecule has 2 aromatic rings. The van der Waals surface area contributed by atoms with E-state index in [-0.39, 0.29) is 23.6 Å². The maximum absolute atomic E-state index is 11.6. The molecule has 6 heteroatoms. The first-order valence-corrected chi connectivity index (χ1v) is 8.54. The Morgan fingerprint density at radius 2 is 1.87 bits per heavy atom. The van der Waals surface area contributed by atoms with Gasteiger partial charge in [0.25, 0.3) is 0 Å². The number of thiophene rings is 1. The van der Waals surface area contributed by atoms with Crippen molar-refractivity contribution in [3.63, 3.8) is 0 Å². The van der Waals surface area contributed by atoms with Crippen molar-refractivity contribution in [3.05, 3.63) is 29.1 Å². The Kier molecular flexibility index (Phi) is 4.03. The van der Waals surface area contributed by atoms with Gasteiger partial charge >= 0.3 is 13.1 Å². The SMILES string of the molecule is COC(=O)Cc1csc2ccc(B3OC(C)(C)C(C)(C)O3)cc12. The van der Waals surface area contributed by atoms with E-state index in [0.29, 0.717) is 0 Å². The van der Waals surface area contributed by atoms with Gasteiger partial charge in [-0.05, 0) is 55.6 Å². The third kappa shape index (κ3) is 2.91. The second-order valence-electron chi connectivity index (χ2n) is 6.86. The zero-order valence-corrected chi connectivity index (χ0v) is 15.0. The van der Waals surface area contributed by atoms with E-state index in [1.165, 1.54) is 7.11 Å². The number of methoxy groups -OCH3 is 1. The highest BCUT2D eigenvalue weighted by molar-refractivity contribution is 7.17. The molecule has 122 valence electrons. The minimum atomic E-state index is -0.393. The molecule has 0 amide bonds. The number of hydrogen-bond acceptors (Lipinski definition) is 5. The van der Waals surface area contributed by atoms with Gasteiger partial charge in [0, 0.05) is 4.70 Å². The Labute approximate surface area is 140 Å². The summed E-state index contributed by atoms with van der Waals surface area (Å²) in [6, 6.07) is 6.15. The summed E-state index contributed by atoms with van der Waals surface area (Å²) in [4.78, 5) is 11.6. The minimum Gasteiger partial charge on any atom is -0.469 e. The summed E-state index contributed by atoms with van der Waals surface area (Å²) in [6.07, 6.45) is 0.281. The third-order valence-corrected chi connectivity index (χ3v) is 5.78. The van der Waals surface area contributed by atoms with Crippen LogP contribution in [0.25, 0.3) is 10.1 Å². The Balaban J connectivity index is 1.94. The molecule has 0 radical (unpaired) electrons. The van der Waals surface area contributed by atoms with Gasteiger partial charge in [0.2, 0.25) is 0 Å². The van der Waals surface area contributed by atoms with Gasteiger partial charge in [-0.25, -0.2) is 0 Å². The summed E-state index contributed by atoms with van der Waals surface area (Å²) in [6.45, 7) is 8.16. The highest BCUT2D eigenvalue weighted by Crippen LogP contribution is 2.37. The first-order chi connectivity index (χ1) is 10.7. The molecule has 0 saturated carbocycles. The Hall–Kier alpha value is -1.37. The molecule has 1 aliphatic heterocycles. The molecular formula is C17H21BO4S. The number of benzene rings is 1. The molecule has 0 unspecified atom stereocenters. The fourth-order valence-electron chi connectivity index (χ4n) is 2.59. The number of rotatable bonds is 3. The van der Waals surface area contributed by atoms with Crippen molar-refractivity contribution >= 4 is 40.0 Å². The van der Waals surface area contributed by atoms with Crippen LogP contribution < -0.4 is 5.46 Å². The quantitative estimate of drug-likeness (QED) is 0.640. The fraction of sp³-hybridized carbons (Fsp3) is 0.471. The number of esters is 1. The molecule has 4 nitrogen and oxygen atoms in total. The van der Waals surface area contributed by atoms with Crippen molar-refractivity contribution in [2.75, 3.05) is 7.11 Å². The van der Waals surface area contributed by atoms with Crippen molar-refractivity contribution in [3.8, 4) is 0 Å². The van der Waals surface area contributed by atoms with Crippen molar-refractivity contribution in [1.82, 2.24) is 0 Å². The van der Waals surface area contributed by atoms with Crippen molar-refractivity contribution in [1.29, 1.82) is 0 Å². The lowest BCUT2D eigenvalue weighted by atomic mass is 9.78. The van der Waals surface area contributed by atoms with Crippen LogP contribution in [0.15, 0.2) is 23.6 Å². The van der Waals surface area contributed by atoms with Gasteiger partial charge < -0.3 is 14.0 Å². The van der Waals surface area contributed by atoms with Gasteiger partial charge in [0.1, 0.15) is 0 Å². The molecule has 0 spiro atoms. The normalized spacial score (nSPS) is 19.3. The van der Waals surface area contributed by atoms with Gasteiger partial charge in [-0.1, -0.05) is 12.1 Å². The average molecular weight is 332 g/mol. The number of fused-ring (bicyclic) bond motifs is 1. The lowest BCUT2D eigenvalue weighted by Gasteiger charge is -2.32. The monoisotopic (exact) mass is 332 g/mol. The van der Waals surface area contributed by atoms with Crippen LogP contribution in [0.2, 0.25) is 0 Å².